The van der Waals surface area contributed by atoms with E-state index in [0.717, 1.165) is 11.4 Å². The van der Waals surface area contributed by atoms with Crippen LogP contribution in [0.15, 0.2) is 24.4 Å². The molecule has 2 N–H and O–H groups in total. The molecule has 21 heavy (non-hydrogen) atoms. The van der Waals surface area contributed by atoms with Crippen molar-refractivity contribution in [2.45, 2.75) is 26.3 Å². The van der Waals surface area contributed by atoms with E-state index in [1.807, 2.05) is 13.1 Å². The van der Waals surface area contributed by atoms with E-state index in [2.05, 4.69) is 17.2 Å². The van der Waals surface area contributed by atoms with Crippen molar-refractivity contribution in [2.24, 2.45) is 0 Å². The molecule has 0 aliphatic carbocycles. The van der Waals surface area contributed by atoms with Gasteiger partial charge < -0.3 is 15.2 Å². The molecule has 1 unspecified atom stereocenters. The Hall–Kier alpha value is -2.08. The fourth-order valence-corrected chi connectivity index (χ4v) is 2.72. The van der Waals surface area contributed by atoms with Gasteiger partial charge in [-0.2, -0.15) is 0 Å². The largest absolute Gasteiger partial charge is 0.504 e. The number of hydrogen-bond acceptors (Lipinski definition) is 5. The predicted molar refractivity (Wildman–Crippen MR) is 82.0 cm³/mol. The number of aryl methyl sites for hydroxylation is 1. The number of phenolic OH excluding ortho intramolecular Hbond substituents is 1. The van der Waals surface area contributed by atoms with Crippen LogP contribution in [0.4, 0.5) is 0 Å². The minimum Gasteiger partial charge on any atom is -0.504 e. The molecule has 6 heteroatoms. The SMILES string of the molecule is CCc1cnc(C(C)NC(=O)c2ccc(OC)c(O)c2)s1. The van der Waals surface area contributed by atoms with Crippen LogP contribution in [0.5, 0.6) is 11.5 Å². The van der Waals surface area contributed by atoms with Crippen molar-refractivity contribution in [1.29, 1.82) is 0 Å². The number of rotatable bonds is 5. The zero-order chi connectivity index (χ0) is 15.4. The van der Waals surface area contributed by atoms with E-state index < -0.39 is 0 Å². The minimum atomic E-state index is -0.256. The average Bonchev–Trinajstić information content (AvgIpc) is 2.96. The monoisotopic (exact) mass is 306 g/mol. The Morgan fingerprint density at radius 2 is 2.29 bits per heavy atom. The first-order chi connectivity index (χ1) is 10.0. The highest BCUT2D eigenvalue weighted by molar-refractivity contribution is 7.11. The lowest BCUT2D eigenvalue weighted by atomic mass is 10.2. The van der Waals surface area contributed by atoms with Gasteiger partial charge in [-0.05, 0) is 31.5 Å². The number of aromatic nitrogens is 1. The maximum absolute atomic E-state index is 12.2. The number of amides is 1. The summed E-state index contributed by atoms with van der Waals surface area (Å²) >= 11 is 1.59. The second-order valence-corrected chi connectivity index (χ2v) is 5.75. The summed E-state index contributed by atoms with van der Waals surface area (Å²) < 4.78 is 4.96. The number of aromatic hydroxyl groups is 1. The molecule has 1 heterocycles. The topological polar surface area (TPSA) is 71.5 Å². The van der Waals surface area contributed by atoms with Gasteiger partial charge in [-0.3, -0.25) is 4.79 Å². The maximum atomic E-state index is 12.2. The molecular weight excluding hydrogens is 288 g/mol. The van der Waals surface area contributed by atoms with E-state index in [1.54, 1.807) is 23.5 Å². The smallest absolute Gasteiger partial charge is 0.251 e. The van der Waals surface area contributed by atoms with E-state index in [4.69, 9.17) is 4.74 Å². The predicted octanol–water partition coefficient (Wildman–Crippen LogP) is 2.91. The minimum absolute atomic E-state index is 0.0553. The second kappa shape index (κ2) is 6.58. The highest BCUT2D eigenvalue weighted by atomic mass is 32.1. The molecule has 2 aromatic rings. The van der Waals surface area contributed by atoms with Crippen molar-refractivity contribution < 1.29 is 14.6 Å². The fourth-order valence-electron chi connectivity index (χ4n) is 1.86. The molecule has 1 amide bonds. The van der Waals surface area contributed by atoms with Gasteiger partial charge in [0.05, 0.1) is 13.2 Å². The van der Waals surface area contributed by atoms with Gasteiger partial charge in [0, 0.05) is 16.6 Å². The first-order valence-corrected chi connectivity index (χ1v) is 7.49. The fraction of sp³-hybridized carbons (Fsp3) is 0.333. The molecule has 0 spiro atoms. The third kappa shape index (κ3) is 3.52. The van der Waals surface area contributed by atoms with E-state index in [-0.39, 0.29) is 17.7 Å². The van der Waals surface area contributed by atoms with E-state index >= 15 is 0 Å². The van der Waals surface area contributed by atoms with Crippen molar-refractivity contribution >= 4 is 17.2 Å². The highest BCUT2D eigenvalue weighted by Gasteiger charge is 2.15. The highest BCUT2D eigenvalue weighted by Crippen LogP contribution is 2.26. The Kier molecular flexibility index (Phi) is 4.80. The Balaban J connectivity index is 2.08. The van der Waals surface area contributed by atoms with Crippen molar-refractivity contribution in [1.82, 2.24) is 10.3 Å². The standard InChI is InChI=1S/C15H18N2O3S/c1-4-11-8-16-15(21-11)9(2)17-14(19)10-5-6-13(20-3)12(18)7-10/h5-9,18H,4H2,1-3H3,(H,17,19). The Morgan fingerprint density at radius 1 is 1.52 bits per heavy atom. The molecule has 0 aliphatic heterocycles. The third-order valence-electron chi connectivity index (χ3n) is 3.08. The number of carbonyl (C=O) groups is 1. The molecular formula is C15H18N2O3S. The van der Waals surface area contributed by atoms with Gasteiger partial charge in [0.25, 0.3) is 5.91 Å². The molecule has 0 bridgehead atoms. The number of hydrogen-bond donors (Lipinski definition) is 2. The molecule has 0 saturated carbocycles. The van der Waals surface area contributed by atoms with E-state index in [9.17, 15) is 9.90 Å². The second-order valence-electron chi connectivity index (χ2n) is 4.60. The van der Waals surface area contributed by atoms with Gasteiger partial charge in [0.2, 0.25) is 0 Å². The van der Waals surface area contributed by atoms with Crippen LogP contribution < -0.4 is 10.1 Å². The van der Waals surface area contributed by atoms with E-state index in [1.165, 1.54) is 18.1 Å². The van der Waals surface area contributed by atoms with E-state index in [0.29, 0.717) is 11.3 Å². The molecule has 2 rings (SSSR count). The van der Waals surface area contributed by atoms with Gasteiger partial charge in [-0.15, -0.1) is 11.3 Å². The van der Waals surface area contributed by atoms with Gasteiger partial charge in [-0.1, -0.05) is 6.92 Å². The molecule has 1 atom stereocenters. The number of nitrogens with one attached hydrogen (secondary N) is 1. The lowest BCUT2D eigenvalue weighted by Gasteiger charge is -2.12. The first kappa shape index (κ1) is 15.3. The number of nitrogens with zero attached hydrogens (tertiary/aromatic N) is 1. The van der Waals surface area contributed by atoms with Crippen molar-refractivity contribution in [3.63, 3.8) is 0 Å². The van der Waals surface area contributed by atoms with Crippen molar-refractivity contribution in [3.05, 3.63) is 39.8 Å². The summed E-state index contributed by atoms with van der Waals surface area (Å²) in [6.45, 7) is 3.96. The zero-order valence-corrected chi connectivity index (χ0v) is 13.0. The van der Waals surface area contributed by atoms with Crippen LogP contribution >= 0.6 is 11.3 Å². The molecule has 5 nitrogen and oxygen atoms in total. The molecule has 0 saturated heterocycles. The van der Waals surface area contributed by atoms with Crippen LogP contribution in [0.25, 0.3) is 0 Å². The molecule has 1 aromatic carbocycles. The van der Waals surface area contributed by atoms with Crippen molar-refractivity contribution in [3.8, 4) is 11.5 Å². The molecule has 0 fully saturated rings. The summed E-state index contributed by atoms with van der Waals surface area (Å²) in [5.74, 6) is 0.0288. The Bertz CT molecular complexity index is 640. The number of carbonyl (C=O) groups excluding carboxylic acids is 1. The van der Waals surface area contributed by atoms with Crippen LogP contribution in [0.2, 0.25) is 0 Å². The van der Waals surface area contributed by atoms with Crippen LogP contribution in [0.3, 0.4) is 0 Å². The number of ether oxygens (including phenoxy) is 1. The third-order valence-corrected chi connectivity index (χ3v) is 4.40. The van der Waals surface area contributed by atoms with Gasteiger partial charge in [-0.25, -0.2) is 4.98 Å². The lowest BCUT2D eigenvalue weighted by Crippen LogP contribution is -2.26. The van der Waals surface area contributed by atoms with Crippen LogP contribution in [-0.2, 0) is 6.42 Å². The first-order valence-electron chi connectivity index (χ1n) is 6.67. The molecule has 0 radical (unpaired) electrons. The summed E-state index contributed by atoms with van der Waals surface area (Å²) in [5.41, 5.74) is 0.382. The lowest BCUT2D eigenvalue weighted by molar-refractivity contribution is 0.0939. The van der Waals surface area contributed by atoms with Crippen LogP contribution in [0, 0.1) is 0 Å². The van der Waals surface area contributed by atoms with Crippen LogP contribution in [0.1, 0.15) is 40.1 Å². The number of benzene rings is 1. The van der Waals surface area contributed by atoms with Crippen molar-refractivity contribution in [2.75, 3.05) is 7.11 Å². The summed E-state index contributed by atoms with van der Waals surface area (Å²) in [5, 5.41) is 13.5. The summed E-state index contributed by atoms with van der Waals surface area (Å²) in [4.78, 5) is 17.7. The number of phenols is 1. The normalized spacial score (nSPS) is 12.0. The van der Waals surface area contributed by atoms with Gasteiger partial charge >= 0.3 is 0 Å². The van der Waals surface area contributed by atoms with Gasteiger partial charge in [0.1, 0.15) is 5.01 Å². The molecule has 1 aromatic heterocycles. The molecule has 0 aliphatic rings. The Labute approximate surface area is 127 Å². The summed E-state index contributed by atoms with van der Waals surface area (Å²) in [6, 6.07) is 4.39. The van der Waals surface area contributed by atoms with Crippen LogP contribution in [-0.4, -0.2) is 23.1 Å². The summed E-state index contributed by atoms with van der Waals surface area (Å²) in [6.07, 6.45) is 2.77. The maximum Gasteiger partial charge on any atom is 0.251 e. The summed E-state index contributed by atoms with van der Waals surface area (Å²) in [7, 11) is 1.46. The number of thiazole rings is 1. The Morgan fingerprint density at radius 3 is 2.86 bits per heavy atom. The average molecular weight is 306 g/mol. The quantitative estimate of drug-likeness (QED) is 0.891. The zero-order valence-electron chi connectivity index (χ0n) is 12.2. The molecule has 112 valence electrons. The number of methoxy groups -OCH3 is 1. The van der Waals surface area contributed by atoms with Gasteiger partial charge in [0.15, 0.2) is 11.5 Å².